The minimum Gasteiger partial charge on any atom is -0.491 e. The Morgan fingerprint density at radius 3 is 2.65 bits per heavy atom. The summed E-state index contributed by atoms with van der Waals surface area (Å²) in [4.78, 5) is 0. The highest BCUT2D eigenvalue weighted by molar-refractivity contribution is 5.20. The highest BCUT2D eigenvalue weighted by atomic mass is 16.6. The summed E-state index contributed by atoms with van der Waals surface area (Å²) in [7, 11) is 1.67. The first kappa shape index (κ1) is 12.4. The van der Waals surface area contributed by atoms with E-state index in [0.717, 1.165) is 12.2 Å². The van der Waals surface area contributed by atoms with Crippen molar-refractivity contribution in [1.82, 2.24) is 0 Å². The predicted molar refractivity (Wildman–Crippen MR) is 65.1 cm³/mol. The SMILES string of the molecule is COC1C(N)CC1OCCOc1ccccc1. The molecule has 0 radical (unpaired) electrons. The molecule has 2 N–H and O–H groups in total. The Morgan fingerprint density at radius 2 is 2.00 bits per heavy atom. The molecule has 0 aromatic heterocycles. The number of benzene rings is 1. The van der Waals surface area contributed by atoms with Crippen LogP contribution in [0.3, 0.4) is 0 Å². The van der Waals surface area contributed by atoms with E-state index in [-0.39, 0.29) is 18.2 Å². The molecule has 1 aliphatic carbocycles. The Bertz CT molecular complexity index is 331. The summed E-state index contributed by atoms with van der Waals surface area (Å²) in [6, 6.07) is 9.82. The van der Waals surface area contributed by atoms with Gasteiger partial charge >= 0.3 is 0 Å². The van der Waals surface area contributed by atoms with Gasteiger partial charge in [-0.3, -0.25) is 0 Å². The van der Waals surface area contributed by atoms with Crippen molar-refractivity contribution in [2.75, 3.05) is 20.3 Å². The summed E-state index contributed by atoms with van der Waals surface area (Å²) >= 11 is 0. The topological polar surface area (TPSA) is 53.7 Å². The largest absolute Gasteiger partial charge is 0.491 e. The third-order valence-electron chi connectivity index (χ3n) is 2.99. The third-order valence-corrected chi connectivity index (χ3v) is 2.99. The van der Waals surface area contributed by atoms with Crippen LogP contribution in [0.2, 0.25) is 0 Å². The van der Waals surface area contributed by atoms with Gasteiger partial charge in [0.15, 0.2) is 0 Å². The van der Waals surface area contributed by atoms with E-state index in [0.29, 0.717) is 13.2 Å². The van der Waals surface area contributed by atoms with E-state index in [1.165, 1.54) is 0 Å². The van der Waals surface area contributed by atoms with E-state index in [4.69, 9.17) is 19.9 Å². The van der Waals surface area contributed by atoms with E-state index < -0.39 is 0 Å². The zero-order valence-electron chi connectivity index (χ0n) is 10.0. The molecule has 4 nitrogen and oxygen atoms in total. The molecule has 3 atom stereocenters. The van der Waals surface area contributed by atoms with Crippen LogP contribution in [0.15, 0.2) is 30.3 Å². The molecule has 3 unspecified atom stereocenters. The average molecular weight is 237 g/mol. The maximum absolute atomic E-state index is 5.78. The Morgan fingerprint density at radius 1 is 1.24 bits per heavy atom. The number of ether oxygens (including phenoxy) is 3. The first-order chi connectivity index (χ1) is 8.31. The number of nitrogens with two attached hydrogens (primary N) is 1. The van der Waals surface area contributed by atoms with E-state index >= 15 is 0 Å². The van der Waals surface area contributed by atoms with Crippen LogP contribution in [-0.4, -0.2) is 38.6 Å². The summed E-state index contributed by atoms with van der Waals surface area (Å²) in [6.45, 7) is 1.11. The van der Waals surface area contributed by atoms with E-state index in [2.05, 4.69) is 0 Å². The van der Waals surface area contributed by atoms with Gasteiger partial charge < -0.3 is 19.9 Å². The molecule has 0 aliphatic heterocycles. The number of rotatable bonds is 6. The fourth-order valence-corrected chi connectivity index (χ4v) is 1.98. The zero-order valence-corrected chi connectivity index (χ0v) is 10.0. The molecule has 2 rings (SSSR count). The van der Waals surface area contributed by atoms with Crippen LogP contribution in [0.1, 0.15) is 6.42 Å². The molecule has 0 amide bonds. The quantitative estimate of drug-likeness (QED) is 0.755. The fourth-order valence-electron chi connectivity index (χ4n) is 1.98. The standard InChI is InChI=1S/C13H19NO3/c1-15-13-11(14)9-12(13)17-8-7-16-10-5-3-2-4-6-10/h2-6,11-13H,7-9,14H2,1H3. The fraction of sp³-hybridized carbons (Fsp3) is 0.538. The van der Waals surface area contributed by atoms with Crippen LogP contribution in [0.4, 0.5) is 0 Å². The Hall–Kier alpha value is -1.10. The highest BCUT2D eigenvalue weighted by Gasteiger charge is 2.39. The minimum absolute atomic E-state index is 0.0340. The molecule has 4 heteroatoms. The van der Waals surface area contributed by atoms with Crippen LogP contribution in [-0.2, 0) is 9.47 Å². The molecule has 0 saturated heterocycles. The molecule has 1 aromatic carbocycles. The van der Waals surface area contributed by atoms with Crippen molar-refractivity contribution < 1.29 is 14.2 Å². The minimum atomic E-state index is 0.0340. The van der Waals surface area contributed by atoms with E-state index in [1.807, 2.05) is 30.3 Å². The molecule has 1 aliphatic rings. The molecular formula is C13H19NO3. The molecule has 0 spiro atoms. The van der Waals surface area contributed by atoms with Gasteiger partial charge in [0.2, 0.25) is 0 Å². The van der Waals surface area contributed by atoms with Gasteiger partial charge in [0.05, 0.1) is 18.8 Å². The van der Waals surface area contributed by atoms with Gasteiger partial charge in [0, 0.05) is 13.2 Å². The smallest absolute Gasteiger partial charge is 0.119 e. The van der Waals surface area contributed by atoms with Crippen LogP contribution in [0.25, 0.3) is 0 Å². The molecular weight excluding hydrogens is 218 g/mol. The lowest BCUT2D eigenvalue weighted by Gasteiger charge is -2.40. The second-order valence-corrected chi connectivity index (χ2v) is 4.17. The van der Waals surface area contributed by atoms with Crippen LogP contribution < -0.4 is 10.5 Å². The third kappa shape index (κ3) is 3.19. The van der Waals surface area contributed by atoms with Gasteiger partial charge in [-0.2, -0.15) is 0 Å². The van der Waals surface area contributed by atoms with Gasteiger partial charge in [-0.05, 0) is 18.6 Å². The maximum Gasteiger partial charge on any atom is 0.119 e. The second-order valence-electron chi connectivity index (χ2n) is 4.17. The van der Waals surface area contributed by atoms with Gasteiger partial charge in [-0.15, -0.1) is 0 Å². The maximum atomic E-state index is 5.78. The molecule has 17 heavy (non-hydrogen) atoms. The summed E-state index contributed by atoms with van der Waals surface area (Å²) in [6.07, 6.45) is 1.02. The second kappa shape index (κ2) is 6.00. The molecule has 0 bridgehead atoms. The molecule has 0 heterocycles. The number of hydrogen-bond acceptors (Lipinski definition) is 4. The zero-order chi connectivity index (χ0) is 12.1. The Labute approximate surface area is 102 Å². The average Bonchev–Trinajstić information content (AvgIpc) is 2.34. The van der Waals surface area contributed by atoms with Crippen molar-refractivity contribution in [3.05, 3.63) is 30.3 Å². The van der Waals surface area contributed by atoms with Crippen molar-refractivity contribution >= 4 is 0 Å². The van der Waals surface area contributed by atoms with Crippen molar-refractivity contribution in [2.45, 2.75) is 24.7 Å². The Kier molecular flexibility index (Phi) is 4.36. The van der Waals surface area contributed by atoms with Gasteiger partial charge in [0.1, 0.15) is 12.4 Å². The van der Waals surface area contributed by atoms with Crippen molar-refractivity contribution in [3.63, 3.8) is 0 Å². The van der Waals surface area contributed by atoms with Gasteiger partial charge in [-0.1, -0.05) is 18.2 Å². The van der Waals surface area contributed by atoms with Crippen molar-refractivity contribution in [1.29, 1.82) is 0 Å². The number of methoxy groups -OCH3 is 1. The molecule has 1 saturated carbocycles. The lowest BCUT2D eigenvalue weighted by atomic mass is 9.86. The van der Waals surface area contributed by atoms with Crippen LogP contribution in [0, 0.1) is 0 Å². The van der Waals surface area contributed by atoms with Crippen LogP contribution in [0.5, 0.6) is 5.75 Å². The van der Waals surface area contributed by atoms with E-state index in [9.17, 15) is 0 Å². The monoisotopic (exact) mass is 237 g/mol. The molecule has 1 aromatic rings. The summed E-state index contributed by atoms with van der Waals surface area (Å²) in [5.41, 5.74) is 5.78. The lowest BCUT2D eigenvalue weighted by Crippen LogP contribution is -2.57. The van der Waals surface area contributed by atoms with Crippen LogP contribution >= 0.6 is 0 Å². The summed E-state index contributed by atoms with van der Waals surface area (Å²) < 4.78 is 16.4. The van der Waals surface area contributed by atoms with Gasteiger partial charge in [0.25, 0.3) is 0 Å². The van der Waals surface area contributed by atoms with E-state index in [1.54, 1.807) is 7.11 Å². The first-order valence-corrected chi connectivity index (χ1v) is 5.89. The van der Waals surface area contributed by atoms with Gasteiger partial charge in [-0.25, -0.2) is 0 Å². The highest BCUT2D eigenvalue weighted by Crippen LogP contribution is 2.24. The predicted octanol–water partition coefficient (Wildman–Crippen LogP) is 1.20. The number of hydrogen-bond donors (Lipinski definition) is 1. The number of para-hydroxylation sites is 1. The first-order valence-electron chi connectivity index (χ1n) is 5.89. The van der Waals surface area contributed by atoms with Crippen molar-refractivity contribution in [3.8, 4) is 5.75 Å². The normalized spacial score (nSPS) is 27.5. The summed E-state index contributed by atoms with van der Waals surface area (Å²) in [5.74, 6) is 0.865. The molecule has 94 valence electrons. The van der Waals surface area contributed by atoms with Crippen molar-refractivity contribution in [2.24, 2.45) is 5.73 Å². The summed E-state index contributed by atoms with van der Waals surface area (Å²) in [5, 5.41) is 0. The Balaban J connectivity index is 1.61. The lowest BCUT2D eigenvalue weighted by molar-refractivity contribution is -0.128. The molecule has 1 fully saturated rings.